The Morgan fingerprint density at radius 1 is 1.29 bits per heavy atom. The number of fused-ring (bicyclic) bond motifs is 2. The van der Waals surface area contributed by atoms with E-state index in [1.165, 1.54) is 10.5 Å². The van der Waals surface area contributed by atoms with Crippen LogP contribution in [0.3, 0.4) is 0 Å². The molecule has 28 heavy (non-hydrogen) atoms. The van der Waals surface area contributed by atoms with Crippen molar-refractivity contribution in [2.75, 3.05) is 18.4 Å². The monoisotopic (exact) mass is 384 g/mol. The summed E-state index contributed by atoms with van der Waals surface area (Å²) in [6.45, 7) is -0.0658. The molecule has 1 aromatic heterocycles. The molecule has 2 amide bonds. The van der Waals surface area contributed by atoms with Crippen molar-refractivity contribution in [1.82, 2.24) is 14.9 Å². The van der Waals surface area contributed by atoms with Crippen LogP contribution in [0.25, 0.3) is 0 Å². The van der Waals surface area contributed by atoms with E-state index < -0.39 is 23.3 Å². The number of nitrogens with one attached hydrogen (secondary N) is 1. The summed E-state index contributed by atoms with van der Waals surface area (Å²) >= 11 is 0. The third kappa shape index (κ3) is 2.83. The highest BCUT2D eigenvalue weighted by Crippen LogP contribution is 2.55. The molecule has 2 saturated carbocycles. The summed E-state index contributed by atoms with van der Waals surface area (Å²) in [6.07, 6.45) is 3.50. The molecule has 6 nitrogen and oxygen atoms in total. The van der Waals surface area contributed by atoms with E-state index in [9.17, 15) is 18.4 Å². The Morgan fingerprint density at radius 2 is 2.00 bits per heavy atom. The van der Waals surface area contributed by atoms with E-state index in [0.717, 1.165) is 30.8 Å². The lowest BCUT2D eigenvalue weighted by molar-refractivity contribution is -0.117. The number of carbonyl (C=O) groups is 2. The average molecular weight is 384 g/mol. The number of aromatic nitrogens is 2. The van der Waals surface area contributed by atoms with E-state index >= 15 is 0 Å². The molecule has 0 saturated heterocycles. The predicted molar refractivity (Wildman–Crippen MR) is 96.1 cm³/mol. The molecular weight excluding hydrogens is 366 g/mol. The summed E-state index contributed by atoms with van der Waals surface area (Å²) in [5, 5.41) is 2.44. The number of hydrogen-bond donors (Lipinski definition) is 1. The van der Waals surface area contributed by atoms with E-state index in [1.807, 2.05) is 12.1 Å². The van der Waals surface area contributed by atoms with Crippen LogP contribution >= 0.6 is 0 Å². The van der Waals surface area contributed by atoms with Crippen LogP contribution in [0.2, 0.25) is 0 Å². The van der Waals surface area contributed by atoms with E-state index in [-0.39, 0.29) is 24.9 Å². The molecule has 2 aromatic rings. The van der Waals surface area contributed by atoms with Gasteiger partial charge in [-0.25, -0.2) is 18.7 Å². The van der Waals surface area contributed by atoms with Gasteiger partial charge in [-0.2, -0.15) is 0 Å². The van der Waals surface area contributed by atoms with Gasteiger partial charge in [-0.3, -0.25) is 14.9 Å². The molecule has 5 rings (SSSR count). The normalized spacial score (nSPS) is 25.6. The number of anilines is 1. The fraction of sp³-hybridized carbons (Fsp3) is 0.400. The quantitative estimate of drug-likeness (QED) is 0.879. The summed E-state index contributed by atoms with van der Waals surface area (Å²) < 4.78 is 27.3. The second-order valence-corrected chi connectivity index (χ2v) is 7.84. The van der Waals surface area contributed by atoms with Gasteiger partial charge in [0, 0.05) is 17.5 Å². The van der Waals surface area contributed by atoms with Gasteiger partial charge in [-0.1, -0.05) is 12.1 Å². The molecule has 2 fully saturated rings. The number of carbonyl (C=O) groups excluding carboxylic acids is 2. The maximum atomic E-state index is 14.4. The van der Waals surface area contributed by atoms with Crippen LogP contribution < -0.4 is 5.32 Å². The Kier molecular flexibility index (Phi) is 3.72. The molecule has 1 aliphatic heterocycles. The van der Waals surface area contributed by atoms with Gasteiger partial charge in [-0.15, -0.1) is 0 Å². The van der Waals surface area contributed by atoms with E-state index in [2.05, 4.69) is 15.3 Å². The number of benzene rings is 1. The molecule has 2 heterocycles. The zero-order chi connectivity index (χ0) is 19.5. The molecule has 0 bridgehead atoms. The van der Waals surface area contributed by atoms with Gasteiger partial charge in [0.25, 0.3) is 5.91 Å². The second kappa shape index (κ2) is 6.05. The molecule has 0 radical (unpaired) electrons. The summed E-state index contributed by atoms with van der Waals surface area (Å²) in [5.74, 6) is -0.930. The third-order valence-electron chi connectivity index (χ3n) is 5.81. The van der Waals surface area contributed by atoms with E-state index in [0.29, 0.717) is 17.9 Å². The van der Waals surface area contributed by atoms with Gasteiger partial charge in [0.2, 0.25) is 11.9 Å². The lowest BCUT2D eigenvalue weighted by Crippen LogP contribution is -2.47. The lowest BCUT2D eigenvalue weighted by Gasteiger charge is -2.34. The first-order chi connectivity index (χ1) is 13.5. The standard InChI is InChI=1S/C20H18F2N4O2/c21-13-7-23-19(24-8-13)25-17(27)9-26-10-20(6-16(20)22)15-5-12(11-1-2-11)3-4-14(15)18(26)28/h3-5,7-8,11,16H,1-2,6,9-10H2,(H,23,24,25,27)/t16-,20+/m0/s1. The van der Waals surface area contributed by atoms with Crippen molar-refractivity contribution in [2.45, 2.75) is 36.8 Å². The number of nitrogens with zero attached hydrogens (tertiary/aromatic N) is 3. The van der Waals surface area contributed by atoms with Crippen molar-refractivity contribution in [3.8, 4) is 0 Å². The number of amides is 2. The Hall–Kier alpha value is -2.90. The minimum Gasteiger partial charge on any atom is -0.328 e. The predicted octanol–water partition coefficient (Wildman–Crippen LogP) is 2.57. The third-order valence-corrected chi connectivity index (χ3v) is 5.81. The summed E-state index contributed by atoms with van der Waals surface area (Å²) in [4.78, 5) is 33.9. The molecule has 8 heteroatoms. The summed E-state index contributed by atoms with van der Waals surface area (Å²) in [5.41, 5.74) is 1.72. The van der Waals surface area contributed by atoms with E-state index in [4.69, 9.17) is 0 Å². The maximum Gasteiger partial charge on any atom is 0.254 e. The smallest absolute Gasteiger partial charge is 0.254 e. The van der Waals surface area contributed by atoms with Gasteiger partial charge in [0.15, 0.2) is 5.82 Å². The fourth-order valence-electron chi connectivity index (χ4n) is 4.04. The number of alkyl halides is 1. The van der Waals surface area contributed by atoms with E-state index in [1.54, 1.807) is 6.07 Å². The van der Waals surface area contributed by atoms with Crippen molar-refractivity contribution in [1.29, 1.82) is 0 Å². The van der Waals surface area contributed by atoms with Gasteiger partial charge >= 0.3 is 0 Å². The maximum absolute atomic E-state index is 14.4. The first-order valence-corrected chi connectivity index (χ1v) is 9.31. The van der Waals surface area contributed by atoms with Gasteiger partial charge in [0.1, 0.15) is 12.7 Å². The molecule has 1 aromatic carbocycles. The SMILES string of the molecule is O=C(CN1C[C@]2(C[C@@H]2F)c2cc(C3CC3)ccc2C1=O)Nc1ncc(F)cn1. The van der Waals surface area contributed by atoms with Crippen molar-refractivity contribution >= 4 is 17.8 Å². The largest absolute Gasteiger partial charge is 0.328 e. The summed E-state index contributed by atoms with van der Waals surface area (Å²) in [6, 6.07) is 5.70. The highest BCUT2D eigenvalue weighted by Gasteiger charge is 2.61. The van der Waals surface area contributed by atoms with Crippen LogP contribution in [0, 0.1) is 5.82 Å². The Morgan fingerprint density at radius 3 is 2.64 bits per heavy atom. The minimum absolute atomic E-state index is 0.0464. The molecule has 144 valence electrons. The van der Waals surface area contributed by atoms with Crippen LogP contribution in [0.1, 0.15) is 46.7 Å². The molecule has 3 aliphatic rings. The Labute approximate surface area is 160 Å². The lowest BCUT2D eigenvalue weighted by atomic mass is 9.84. The van der Waals surface area contributed by atoms with Crippen LogP contribution in [-0.4, -0.2) is 45.9 Å². The average Bonchev–Trinajstić information content (AvgIpc) is 3.59. The molecule has 2 aliphatic carbocycles. The van der Waals surface area contributed by atoms with Crippen LogP contribution in [-0.2, 0) is 10.2 Å². The first-order valence-electron chi connectivity index (χ1n) is 9.31. The van der Waals surface area contributed by atoms with Gasteiger partial charge in [0.05, 0.1) is 12.4 Å². The van der Waals surface area contributed by atoms with Crippen LogP contribution in [0.4, 0.5) is 14.7 Å². The molecule has 1 N–H and O–H groups in total. The molecular formula is C20H18F2N4O2. The van der Waals surface area contributed by atoms with Crippen LogP contribution in [0.5, 0.6) is 0 Å². The summed E-state index contributed by atoms with van der Waals surface area (Å²) in [7, 11) is 0. The number of halogens is 2. The molecule has 2 atom stereocenters. The highest BCUT2D eigenvalue weighted by molar-refractivity contribution is 6.01. The van der Waals surface area contributed by atoms with Gasteiger partial charge in [-0.05, 0) is 42.4 Å². The first kappa shape index (κ1) is 17.2. The zero-order valence-electron chi connectivity index (χ0n) is 15.0. The van der Waals surface area contributed by atoms with Crippen molar-refractivity contribution in [3.63, 3.8) is 0 Å². The fourth-order valence-corrected chi connectivity index (χ4v) is 4.04. The highest BCUT2D eigenvalue weighted by atomic mass is 19.1. The van der Waals surface area contributed by atoms with Crippen molar-refractivity contribution < 1.29 is 18.4 Å². The number of hydrogen-bond acceptors (Lipinski definition) is 4. The van der Waals surface area contributed by atoms with Gasteiger partial charge < -0.3 is 4.90 Å². The minimum atomic E-state index is -1.01. The Bertz CT molecular complexity index is 977. The van der Waals surface area contributed by atoms with Crippen molar-refractivity contribution in [3.05, 3.63) is 53.1 Å². The number of rotatable bonds is 4. The zero-order valence-corrected chi connectivity index (χ0v) is 15.0. The second-order valence-electron chi connectivity index (χ2n) is 7.84. The molecule has 1 spiro atoms. The van der Waals surface area contributed by atoms with Crippen LogP contribution in [0.15, 0.2) is 30.6 Å². The Balaban J connectivity index is 1.37. The van der Waals surface area contributed by atoms with Crippen molar-refractivity contribution in [2.24, 2.45) is 0 Å². The topological polar surface area (TPSA) is 75.2 Å². The molecule has 0 unspecified atom stereocenters.